The minimum atomic E-state index is -4.56. The molecule has 3 aromatic rings. The highest BCUT2D eigenvalue weighted by Gasteiger charge is 2.34. The van der Waals surface area contributed by atoms with E-state index in [1.807, 2.05) is 18.9 Å². The van der Waals surface area contributed by atoms with Crippen LogP contribution in [0.2, 0.25) is 0 Å². The van der Waals surface area contributed by atoms with Crippen molar-refractivity contribution in [1.82, 2.24) is 20.0 Å². The monoisotopic (exact) mass is 576 g/mol. The fourth-order valence-electron chi connectivity index (χ4n) is 4.57. The highest BCUT2D eigenvalue weighted by Crippen LogP contribution is 2.35. The SMILES string of the molecule is Cc1ccc(C(=O)Nc2ccc(CN3CCN(C)CC3)c(C(F)(F)F)c2)cc1C#Cc1ccc(NC(=O)C2CC2)nn1. The molecule has 1 saturated heterocycles. The lowest BCUT2D eigenvalue weighted by Crippen LogP contribution is -2.44. The second-order valence-electron chi connectivity index (χ2n) is 10.8. The van der Waals surface area contributed by atoms with Gasteiger partial charge in [-0.3, -0.25) is 14.5 Å². The highest BCUT2D eigenvalue weighted by molar-refractivity contribution is 6.04. The summed E-state index contributed by atoms with van der Waals surface area (Å²) in [6, 6.07) is 12.1. The largest absolute Gasteiger partial charge is 0.416 e. The quantitative estimate of drug-likeness (QED) is 0.419. The van der Waals surface area contributed by atoms with E-state index in [9.17, 15) is 22.8 Å². The number of nitrogens with zero attached hydrogens (tertiary/aromatic N) is 4. The first kappa shape index (κ1) is 29.2. The van der Waals surface area contributed by atoms with Gasteiger partial charge in [0.15, 0.2) is 5.82 Å². The summed E-state index contributed by atoms with van der Waals surface area (Å²) in [5, 5.41) is 13.3. The fourth-order valence-corrected chi connectivity index (χ4v) is 4.57. The Hall–Kier alpha value is -4.27. The van der Waals surface area contributed by atoms with Crippen LogP contribution < -0.4 is 10.6 Å². The lowest BCUT2D eigenvalue weighted by atomic mass is 10.0. The van der Waals surface area contributed by atoms with Gasteiger partial charge in [-0.05, 0) is 80.3 Å². The summed E-state index contributed by atoms with van der Waals surface area (Å²) in [5.41, 5.74) is 1.50. The minimum absolute atomic E-state index is 0.0527. The average molecular weight is 577 g/mol. The number of carbonyl (C=O) groups is 2. The molecule has 0 radical (unpaired) electrons. The molecule has 1 aliphatic carbocycles. The lowest BCUT2D eigenvalue weighted by Gasteiger charge is -2.33. The van der Waals surface area contributed by atoms with Crippen molar-refractivity contribution in [2.45, 2.75) is 32.5 Å². The molecule has 2 N–H and O–H groups in total. The van der Waals surface area contributed by atoms with Crippen LogP contribution in [0.15, 0.2) is 48.5 Å². The third kappa shape index (κ3) is 7.51. The van der Waals surface area contributed by atoms with Crippen LogP contribution in [0, 0.1) is 24.7 Å². The van der Waals surface area contributed by atoms with Crippen LogP contribution in [0.5, 0.6) is 0 Å². The van der Waals surface area contributed by atoms with Crippen LogP contribution in [-0.2, 0) is 17.5 Å². The van der Waals surface area contributed by atoms with Crippen LogP contribution in [0.1, 0.15) is 51.1 Å². The van der Waals surface area contributed by atoms with Crippen molar-refractivity contribution in [2.24, 2.45) is 5.92 Å². The van der Waals surface area contributed by atoms with E-state index in [0.717, 1.165) is 37.6 Å². The average Bonchev–Trinajstić information content (AvgIpc) is 3.81. The Kier molecular flexibility index (Phi) is 8.56. The Morgan fingerprint density at radius 1 is 0.952 bits per heavy atom. The van der Waals surface area contributed by atoms with E-state index < -0.39 is 17.6 Å². The summed E-state index contributed by atoms with van der Waals surface area (Å²) in [4.78, 5) is 29.0. The molecule has 0 bridgehead atoms. The van der Waals surface area contributed by atoms with Gasteiger partial charge in [-0.2, -0.15) is 13.2 Å². The number of piperazine rings is 1. The van der Waals surface area contributed by atoms with Gasteiger partial charge >= 0.3 is 6.18 Å². The molecule has 5 rings (SSSR count). The number of carbonyl (C=O) groups excluding carboxylic acids is 2. The molecule has 1 saturated carbocycles. The summed E-state index contributed by atoms with van der Waals surface area (Å²) in [5.74, 6) is 5.67. The smallest absolute Gasteiger partial charge is 0.322 e. The van der Waals surface area contributed by atoms with Crippen molar-refractivity contribution < 1.29 is 22.8 Å². The fraction of sp³-hybridized carbons (Fsp3) is 0.355. The number of likely N-dealkylation sites (N-methyl/N-ethyl adjacent to an activating group) is 1. The van der Waals surface area contributed by atoms with E-state index in [-0.39, 0.29) is 35.2 Å². The molecule has 1 aliphatic heterocycles. The molecule has 2 heterocycles. The summed E-state index contributed by atoms with van der Waals surface area (Å²) < 4.78 is 41.9. The second kappa shape index (κ2) is 12.3. The van der Waals surface area contributed by atoms with Gasteiger partial charge in [-0.15, -0.1) is 10.2 Å². The van der Waals surface area contributed by atoms with Gasteiger partial charge in [0.25, 0.3) is 5.91 Å². The first-order valence-electron chi connectivity index (χ1n) is 13.7. The Bertz CT molecular complexity index is 1530. The topological polar surface area (TPSA) is 90.5 Å². The zero-order valence-corrected chi connectivity index (χ0v) is 23.4. The van der Waals surface area contributed by atoms with E-state index in [1.165, 1.54) is 12.1 Å². The van der Waals surface area contributed by atoms with Crippen LogP contribution in [-0.4, -0.2) is 65.0 Å². The Morgan fingerprint density at radius 2 is 1.71 bits per heavy atom. The van der Waals surface area contributed by atoms with Gasteiger partial charge in [0.2, 0.25) is 5.91 Å². The number of hydrogen-bond donors (Lipinski definition) is 2. The third-order valence-corrected chi connectivity index (χ3v) is 7.35. The zero-order valence-electron chi connectivity index (χ0n) is 23.4. The normalized spacial score (nSPS) is 15.9. The predicted molar refractivity (Wildman–Crippen MR) is 153 cm³/mol. The number of nitrogens with one attached hydrogen (secondary N) is 2. The number of anilines is 2. The number of halogens is 3. The molecule has 0 atom stereocenters. The van der Waals surface area contributed by atoms with Gasteiger partial charge in [-0.25, -0.2) is 0 Å². The number of hydrogen-bond acceptors (Lipinski definition) is 6. The van der Waals surface area contributed by atoms with Crippen molar-refractivity contribution in [3.63, 3.8) is 0 Å². The van der Waals surface area contributed by atoms with Crippen LogP contribution in [0.4, 0.5) is 24.7 Å². The number of amides is 2. The molecule has 2 aliphatic rings. The Morgan fingerprint density at radius 3 is 2.38 bits per heavy atom. The summed E-state index contributed by atoms with van der Waals surface area (Å²) in [6.45, 7) is 5.03. The first-order chi connectivity index (χ1) is 20.0. The number of rotatable bonds is 6. The van der Waals surface area contributed by atoms with Gasteiger partial charge in [0.1, 0.15) is 5.69 Å². The molecule has 2 amide bonds. The van der Waals surface area contributed by atoms with Crippen molar-refractivity contribution in [3.05, 3.63) is 82.0 Å². The molecule has 8 nitrogen and oxygen atoms in total. The van der Waals surface area contributed by atoms with Crippen LogP contribution >= 0.6 is 0 Å². The van der Waals surface area contributed by atoms with E-state index >= 15 is 0 Å². The van der Waals surface area contributed by atoms with Crippen molar-refractivity contribution in [1.29, 1.82) is 0 Å². The third-order valence-electron chi connectivity index (χ3n) is 7.35. The molecule has 0 unspecified atom stereocenters. The van der Waals surface area contributed by atoms with E-state index in [4.69, 9.17) is 0 Å². The van der Waals surface area contributed by atoms with E-state index in [2.05, 4.69) is 37.6 Å². The Balaban J connectivity index is 1.27. The molecule has 2 aromatic carbocycles. The first-order valence-corrected chi connectivity index (χ1v) is 13.7. The maximum atomic E-state index is 14.0. The van der Waals surface area contributed by atoms with Crippen LogP contribution in [0.3, 0.4) is 0 Å². The van der Waals surface area contributed by atoms with Gasteiger partial charge in [0, 0.05) is 55.5 Å². The predicted octanol–water partition coefficient (Wildman–Crippen LogP) is 4.55. The van der Waals surface area contributed by atoms with Gasteiger partial charge in [0.05, 0.1) is 5.56 Å². The maximum absolute atomic E-state index is 14.0. The van der Waals surface area contributed by atoms with Crippen LogP contribution in [0.25, 0.3) is 0 Å². The number of benzene rings is 2. The summed E-state index contributed by atoms with van der Waals surface area (Å²) in [7, 11) is 1.99. The molecular formula is C31H31F3N6O2. The molecular weight excluding hydrogens is 545 g/mol. The molecule has 11 heteroatoms. The standard InChI is InChI=1S/C31H31F3N6O2/c1-20-3-4-23(17-22(20)7-9-25-11-12-28(38-37-25)36-29(41)21-5-6-21)30(42)35-26-10-8-24(27(18-26)31(32,33)34)19-40-15-13-39(2)14-16-40/h3-4,8,10-12,17-18,21H,5-6,13-16,19H2,1-2H3,(H,35,42)(H,36,38,41). The molecule has 218 valence electrons. The molecule has 2 fully saturated rings. The highest BCUT2D eigenvalue weighted by atomic mass is 19.4. The van der Waals surface area contributed by atoms with Crippen molar-refractivity contribution in [3.8, 4) is 11.8 Å². The number of aryl methyl sites for hydroxylation is 1. The summed E-state index contributed by atoms with van der Waals surface area (Å²) >= 11 is 0. The summed E-state index contributed by atoms with van der Waals surface area (Å²) in [6.07, 6.45) is -2.78. The molecule has 1 aromatic heterocycles. The maximum Gasteiger partial charge on any atom is 0.416 e. The Labute approximate surface area is 242 Å². The lowest BCUT2D eigenvalue weighted by molar-refractivity contribution is -0.138. The van der Waals surface area contributed by atoms with E-state index in [1.54, 1.807) is 30.3 Å². The number of alkyl halides is 3. The van der Waals surface area contributed by atoms with Crippen molar-refractivity contribution >= 4 is 23.3 Å². The van der Waals surface area contributed by atoms with Gasteiger partial charge < -0.3 is 15.5 Å². The zero-order chi connectivity index (χ0) is 29.9. The van der Waals surface area contributed by atoms with Gasteiger partial charge in [-0.1, -0.05) is 18.1 Å². The molecule has 42 heavy (non-hydrogen) atoms. The number of aromatic nitrogens is 2. The second-order valence-corrected chi connectivity index (χ2v) is 10.8. The van der Waals surface area contributed by atoms with E-state index in [0.29, 0.717) is 30.2 Å². The molecule has 0 spiro atoms. The minimum Gasteiger partial charge on any atom is -0.322 e. The van der Waals surface area contributed by atoms with Crippen molar-refractivity contribution in [2.75, 3.05) is 43.9 Å².